The number of ether oxygens (including phenoxy) is 1. The number of primary amides is 1. The van der Waals surface area contributed by atoms with Crippen LogP contribution in [0, 0.1) is 0 Å². The summed E-state index contributed by atoms with van der Waals surface area (Å²) in [6.45, 7) is 1.88. The summed E-state index contributed by atoms with van der Waals surface area (Å²) >= 11 is 0. The smallest absolute Gasteiger partial charge is 0.262 e. The van der Waals surface area contributed by atoms with Crippen LogP contribution in [0.15, 0.2) is 24.0 Å². The zero-order chi connectivity index (χ0) is 7.56. The highest BCUT2D eigenvalue weighted by Crippen LogP contribution is 2.07. The highest BCUT2D eigenvalue weighted by Gasteiger charge is 2.13. The lowest BCUT2D eigenvalue weighted by Crippen LogP contribution is -2.29. The van der Waals surface area contributed by atoms with E-state index in [9.17, 15) is 4.79 Å². The van der Waals surface area contributed by atoms with Gasteiger partial charge in [-0.05, 0) is 24.6 Å². The Morgan fingerprint density at radius 3 is 2.90 bits per heavy atom. The van der Waals surface area contributed by atoms with Crippen LogP contribution >= 0.6 is 0 Å². The third kappa shape index (κ3) is 1.37. The van der Waals surface area contributed by atoms with Crippen LogP contribution in [-0.2, 0) is 9.53 Å². The number of allylic oxidation sites excluding steroid dienone is 2. The highest BCUT2D eigenvalue weighted by atomic mass is 16.5. The maximum atomic E-state index is 10.5. The Balaban J connectivity index is 2.69. The first kappa shape index (κ1) is 6.86. The lowest BCUT2D eigenvalue weighted by atomic mass is 10.2. The zero-order valence-corrected chi connectivity index (χ0v) is 5.70. The molecule has 0 saturated carbocycles. The van der Waals surface area contributed by atoms with Gasteiger partial charge >= 0.3 is 0 Å². The number of rotatable bonds is 1. The van der Waals surface area contributed by atoms with Crippen LogP contribution in [0.4, 0.5) is 0 Å². The van der Waals surface area contributed by atoms with Crippen LogP contribution in [0.25, 0.3) is 0 Å². The second-order valence-electron chi connectivity index (χ2n) is 2.17. The maximum absolute atomic E-state index is 10.5. The standard InChI is InChI=1S/C7H9NO2/c1-5-2-3-10-6(4-5)7(8)9/h2-4,6H,1H3,(H2,8,9). The first-order valence-electron chi connectivity index (χ1n) is 3.00. The van der Waals surface area contributed by atoms with Gasteiger partial charge in [0, 0.05) is 0 Å². The van der Waals surface area contributed by atoms with Crippen molar-refractivity contribution in [3.63, 3.8) is 0 Å². The molecule has 1 amide bonds. The molecule has 1 heterocycles. The molecule has 1 aliphatic rings. The molecule has 2 N–H and O–H groups in total. The minimum absolute atomic E-state index is 0.455. The van der Waals surface area contributed by atoms with Gasteiger partial charge in [-0.15, -0.1) is 0 Å². The van der Waals surface area contributed by atoms with Gasteiger partial charge in [0.05, 0.1) is 6.26 Å². The quantitative estimate of drug-likeness (QED) is 0.569. The Morgan fingerprint density at radius 1 is 1.80 bits per heavy atom. The van der Waals surface area contributed by atoms with Crippen molar-refractivity contribution in [2.45, 2.75) is 13.0 Å². The van der Waals surface area contributed by atoms with Crippen molar-refractivity contribution in [2.24, 2.45) is 5.73 Å². The molecule has 3 nitrogen and oxygen atoms in total. The van der Waals surface area contributed by atoms with Crippen molar-refractivity contribution >= 4 is 5.91 Å². The number of nitrogens with two attached hydrogens (primary N) is 1. The van der Waals surface area contributed by atoms with Gasteiger partial charge in [-0.1, -0.05) is 0 Å². The molecule has 1 unspecified atom stereocenters. The van der Waals surface area contributed by atoms with Crippen molar-refractivity contribution in [3.05, 3.63) is 24.0 Å². The van der Waals surface area contributed by atoms with E-state index in [2.05, 4.69) is 0 Å². The van der Waals surface area contributed by atoms with Crippen molar-refractivity contribution in [2.75, 3.05) is 0 Å². The molecule has 0 radical (unpaired) electrons. The van der Waals surface area contributed by atoms with Crippen molar-refractivity contribution < 1.29 is 9.53 Å². The van der Waals surface area contributed by atoms with E-state index in [1.54, 1.807) is 12.2 Å². The average Bonchev–Trinajstić information content (AvgIpc) is 1.88. The SMILES string of the molecule is CC1=CC(C(N)=O)OC=C1. The third-order valence-electron chi connectivity index (χ3n) is 1.25. The van der Waals surface area contributed by atoms with Gasteiger partial charge in [0.1, 0.15) is 0 Å². The summed E-state index contributed by atoms with van der Waals surface area (Å²) in [5.41, 5.74) is 5.98. The molecular weight excluding hydrogens is 130 g/mol. The Morgan fingerprint density at radius 2 is 2.50 bits per heavy atom. The molecule has 0 saturated heterocycles. The molecule has 0 aromatic heterocycles. The summed E-state index contributed by atoms with van der Waals surface area (Å²) in [6, 6.07) is 0. The second kappa shape index (κ2) is 2.56. The van der Waals surface area contributed by atoms with Gasteiger partial charge in [0.25, 0.3) is 5.91 Å². The number of amides is 1. The Labute approximate surface area is 59.2 Å². The predicted molar refractivity (Wildman–Crippen MR) is 37.0 cm³/mol. The van der Waals surface area contributed by atoms with E-state index in [-0.39, 0.29) is 0 Å². The molecule has 3 heteroatoms. The molecule has 0 spiro atoms. The van der Waals surface area contributed by atoms with Gasteiger partial charge in [-0.3, -0.25) is 4.79 Å². The Bertz CT molecular complexity index is 206. The molecule has 0 aromatic rings. The Hall–Kier alpha value is -1.25. The van der Waals surface area contributed by atoms with Gasteiger partial charge in [0.2, 0.25) is 0 Å². The zero-order valence-electron chi connectivity index (χ0n) is 5.70. The molecule has 0 fully saturated rings. The van der Waals surface area contributed by atoms with E-state index < -0.39 is 12.0 Å². The summed E-state index contributed by atoms with van der Waals surface area (Å²) in [4.78, 5) is 10.5. The van der Waals surface area contributed by atoms with E-state index in [1.807, 2.05) is 6.92 Å². The topological polar surface area (TPSA) is 52.3 Å². The molecule has 0 aromatic carbocycles. The van der Waals surface area contributed by atoms with Crippen LogP contribution in [0.3, 0.4) is 0 Å². The van der Waals surface area contributed by atoms with E-state index >= 15 is 0 Å². The van der Waals surface area contributed by atoms with Gasteiger partial charge in [0.15, 0.2) is 6.10 Å². The molecule has 1 atom stereocenters. The van der Waals surface area contributed by atoms with Gasteiger partial charge in [-0.25, -0.2) is 0 Å². The lowest BCUT2D eigenvalue weighted by molar-refractivity contribution is -0.124. The van der Waals surface area contributed by atoms with Gasteiger partial charge < -0.3 is 10.5 Å². The molecule has 1 rings (SSSR count). The predicted octanol–water partition coefficient (Wildman–Crippen LogP) is 0.331. The van der Waals surface area contributed by atoms with Gasteiger partial charge in [-0.2, -0.15) is 0 Å². The Kier molecular flexibility index (Phi) is 1.76. The molecule has 0 bridgehead atoms. The fourth-order valence-electron chi connectivity index (χ4n) is 0.714. The summed E-state index contributed by atoms with van der Waals surface area (Å²) in [5, 5.41) is 0. The van der Waals surface area contributed by atoms with Crippen LogP contribution in [0.1, 0.15) is 6.92 Å². The third-order valence-corrected chi connectivity index (χ3v) is 1.25. The van der Waals surface area contributed by atoms with E-state index in [1.165, 1.54) is 6.26 Å². The average molecular weight is 139 g/mol. The monoisotopic (exact) mass is 139 g/mol. The first-order valence-corrected chi connectivity index (χ1v) is 3.00. The largest absolute Gasteiger partial charge is 0.484 e. The van der Waals surface area contributed by atoms with E-state index in [0.29, 0.717) is 0 Å². The van der Waals surface area contributed by atoms with Crippen LogP contribution in [0.2, 0.25) is 0 Å². The van der Waals surface area contributed by atoms with E-state index in [0.717, 1.165) is 5.57 Å². The fraction of sp³-hybridized carbons (Fsp3) is 0.286. The van der Waals surface area contributed by atoms with Crippen LogP contribution < -0.4 is 5.73 Å². The summed E-state index contributed by atoms with van der Waals surface area (Å²) in [5.74, 6) is -0.455. The number of hydrogen-bond donors (Lipinski definition) is 1. The molecule has 10 heavy (non-hydrogen) atoms. The fourth-order valence-corrected chi connectivity index (χ4v) is 0.714. The normalized spacial score (nSPS) is 23.3. The molecule has 54 valence electrons. The van der Waals surface area contributed by atoms with E-state index in [4.69, 9.17) is 10.5 Å². The summed E-state index contributed by atoms with van der Waals surface area (Å²) < 4.78 is 4.88. The summed E-state index contributed by atoms with van der Waals surface area (Å²) in [6.07, 6.45) is 4.36. The molecule has 1 aliphatic heterocycles. The summed E-state index contributed by atoms with van der Waals surface area (Å²) in [7, 11) is 0. The number of carbonyl (C=O) groups is 1. The molecular formula is C7H9NO2. The second-order valence-corrected chi connectivity index (χ2v) is 2.17. The maximum Gasteiger partial charge on any atom is 0.262 e. The van der Waals surface area contributed by atoms with Crippen molar-refractivity contribution in [3.8, 4) is 0 Å². The highest BCUT2D eigenvalue weighted by molar-refractivity contribution is 5.81. The lowest BCUT2D eigenvalue weighted by Gasteiger charge is -2.12. The van der Waals surface area contributed by atoms with Crippen molar-refractivity contribution in [1.29, 1.82) is 0 Å². The first-order chi connectivity index (χ1) is 4.70. The molecule has 0 aliphatic carbocycles. The minimum Gasteiger partial charge on any atom is -0.484 e. The minimum atomic E-state index is -0.579. The number of carbonyl (C=O) groups excluding carboxylic acids is 1. The number of hydrogen-bond acceptors (Lipinski definition) is 2. The van der Waals surface area contributed by atoms with Crippen LogP contribution in [-0.4, -0.2) is 12.0 Å². The van der Waals surface area contributed by atoms with Crippen LogP contribution in [0.5, 0.6) is 0 Å². The van der Waals surface area contributed by atoms with Crippen molar-refractivity contribution in [1.82, 2.24) is 0 Å².